The summed E-state index contributed by atoms with van der Waals surface area (Å²) in [5, 5.41) is 9.24. The van der Waals surface area contributed by atoms with Crippen LogP contribution in [0.2, 0.25) is 0 Å². The summed E-state index contributed by atoms with van der Waals surface area (Å²) in [7, 11) is 0. The molecule has 8 heteroatoms. The third-order valence-corrected chi connectivity index (χ3v) is 2.33. The van der Waals surface area contributed by atoms with Gasteiger partial charge in [0.05, 0.1) is 12.7 Å². The maximum atomic E-state index is 12.0. The van der Waals surface area contributed by atoms with Crippen molar-refractivity contribution in [3.8, 4) is 0 Å². The van der Waals surface area contributed by atoms with Crippen molar-refractivity contribution in [3.05, 3.63) is 0 Å². The summed E-state index contributed by atoms with van der Waals surface area (Å²) in [6.07, 6.45) is -15.9. The van der Waals surface area contributed by atoms with Crippen molar-refractivity contribution < 1.29 is 36.2 Å². The van der Waals surface area contributed by atoms with Gasteiger partial charge < -0.3 is 9.84 Å². The van der Waals surface area contributed by atoms with Gasteiger partial charge in [-0.3, -0.25) is 0 Å². The second-order valence-corrected chi connectivity index (χ2v) is 3.75. The topological polar surface area (TPSA) is 29.5 Å². The standard InChI is InChI=1S/C9H14F6O2/c1-3-5(2)6(16)4-17-7(8(10,11)12)9(13,14)15/h5-7,16H,3-4H2,1-2H3. The van der Waals surface area contributed by atoms with Crippen molar-refractivity contribution in [3.63, 3.8) is 0 Å². The second-order valence-electron chi connectivity index (χ2n) is 3.75. The predicted molar refractivity (Wildman–Crippen MR) is 47.3 cm³/mol. The molecule has 0 aliphatic rings. The molecule has 0 aliphatic heterocycles. The Balaban J connectivity index is 4.49. The molecule has 0 amide bonds. The first-order valence-electron chi connectivity index (χ1n) is 4.93. The molecule has 0 bridgehead atoms. The van der Waals surface area contributed by atoms with Crippen molar-refractivity contribution in [2.24, 2.45) is 5.92 Å². The predicted octanol–water partition coefficient (Wildman–Crippen LogP) is 2.90. The largest absolute Gasteiger partial charge is 0.423 e. The highest BCUT2D eigenvalue weighted by atomic mass is 19.4. The Morgan fingerprint density at radius 3 is 1.76 bits per heavy atom. The van der Waals surface area contributed by atoms with Crippen molar-refractivity contribution in [2.75, 3.05) is 6.61 Å². The molecule has 2 atom stereocenters. The minimum atomic E-state index is -5.53. The molecular weight excluding hydrogens is 254 g/mol. The molecule has 1 N–H and O–H groups in total. The van der Waals surface area contributed by atoms with E-state index in [0.717, 1.165) is 0 Å². The fraction of sp³-hybridized carbons (Fsp3) is 1.00. The molecule has 0 spiro atoms. The van der Waals surface area contributed by atoms with Crippen molar-refractivity contribution in [1.82, 2.24) is 0 Å². The van der Waals surface area contributed by atoms with Gasteiger partial charge in [-0.1, -0.05) is 20.3 Å². The van der Waals surface area contributed by atoms with E-state index in [-0.39, 0.29) is 0 Å². The quantitative estimate of drug-likeness (QED) is 0.777. The number of hydrogen-bond acceptors (Lipinski definition) is 2. The van der Waals surface area contributed by atoms with E-state index in [9.17, 15) is 31.4 Å². The van der Waals surface area contributed by atoms with Gasteiger partial charge in [0.25, 0.3) is 0 Å². The Hall–Kier alpha value is -0.500. The van der Waals surface area contributed by atoms with Gasteiger partial charge >= 0.3 is 12.4 Å². The average Bonchev–Trinajstić information content (AvgIpc) is 2.12. The number of aliphatic hydroxyl groups excluding tert-OH is 1. The van der Waals surface area contributed by atoms with Gasteiger partial charge in [-0.2, -0.15) is 26.3 Å². The molecule has 0 saturated carbocycles. The van der Waals surface area contributed by atoms with Gasteiger partial charge in [0.2, 0.25) is 6.10 Å². The molecule has 0 radical (unpaired) electrons. The summed E-state index contributed by atoms with van der Waals surface area (Å²) in [5.41, 5.74) is 0. The molecular formula is C9H14F6O2. The lowest BCUT2D eigenvalue weighted by atomic mass is 10.0. The Labute approximate surface area is 94.6 Å². The number of ether oxygens (including phenoxy) is 1. The molecule has 2 nitrogen and oxygen atoms in total. The second kappa shape index (κ2) is 5.90. The highest BCUT2D eigenvalue weighted by Gasteiger charge is 2.58. The Morgan fingerprint density at radius 2 is 1.47 bits per heavy atom. The van der Waals surface area contributed by atoms with Crippen LogP contribution in [0.5, 0.6) is 0 Å². The van der Waals surface area contributed by atoms with Crippen LogP contribution in [0.1, 0.15) is 20.3 Å². The third kappa shape index (κ3) is 5.58. The summed E-state index contributed by atoms with van der Waals surface area (Å²) < 4.78 is 75.9. The number of rotatable bonds is 5. The number of hydrogen-bond donors (Lipinski definition) is 1. The fourth-order valence-corrected chi connectivity index (χ4v) is 1.01. The summed E-state index contributed by atoms with van der Waals surface area (Å²) in [6.45, 7) is 2.15. The molecule has 0 fully saturated rings. The number of alkyl halides is 6. The summed E-state index contributed by atoms with van der Waals surface area (Å²) in [4.78, 5) is 0. The molecule has 104 valence electrons. The zero-order valence-electron chi connectivity index (χ0n) is 9.27. The van der Waals surface area contributed by atoms with Gasteiger partial charge in [-0.25, -0.2) is 0 Å². The normalized spacial score (nSPS) is 17.3. The highest BCUT2D eigenvalue weighted by molar-refractivity contribution is 4.77. The summed E-state index contributed by atoms with van der Waals surface area (Å²) in [6, 6.07) is 0. The van der Waals surface area contributed by atoms with Crippen LogP contribution in [0, 0.1) is 5.92 Å². The Bertz CT molecular complexity index is 211. The number of aliphatic hydroxyl groups is 1. The van der Waals surface area contributed by atoms with Gasteiger partial charge in [0, 0.05) is 0 Å². The zero-order chi connectivity index (χ0) is 13.9. The van der Waals surface area contributed by atoms with E-state index in [1.54, 1.807) is 6.92 Å². The van der Waals surface area contributed by atoms with Crippen LogP contribution in [0.25, 0.3) is 0 Å². The zero-order valence-corrected chi connectivity index (χ0v) is 9.27. The lowest BCUT2D eigenvalue weighted by Gasteiger charge is -2.25. The molecule has 0 heterocycles. The van der Waals surface area contributed by atoms with Crippen molar-refractivity contribution in [2.45, 2.75) is 44.8 Å². The molecule has 0 aromatic carbocycles. The highest BCUT2D eigenvalue weighted by Crippen LogP contribution is 2.35. The van der Waals surface area contributed by atoms with Crippen LogP contribution >= 0.6 is 0 Å². The van der Waals surface area contributed by atoms with E-state index < -0.39 is 37.1 Å². The third-order valence-electron chi connectivity index (χ3n) is 2.33. The SMILES string of the molecule is CCC(C)C(O)COC(C(F)(F)F)C(F)(F)F. The molecule has 0 aliphatic carbocycles. The maximum Gasteiger partial charge on any atom is 0.423 e. The van der Waals surface area contributed by atoms with E-state index in [2.05, 4.69) is 4.74 Å². The van der Waals surface area contributed by atoms with Gasteiger partial charge in [0.15, 0.2) is 0 Å². The molecule has 17 heavy (non-hydrogen) atoms. The van der Waals surface area contributed by atoms with Gasteiger partial charge in [-0.15, -0.1) is 0 Å². The summed E-state index contributed by atoms with van der Waals surface area (Å²) >= 11 is 0. The van der Waals surface area contributed by atoms with Crippen LogP contribution in [0.4, 0.5) is 26.3 Å². The summed E-state index contributed by atoms with van der Waals surface area (Å²) in [5.74, 6) is -0.433. The van der Waals surface area contributed by atoms with E-state index in [1.165, 1.54) is 6.92 Å². The van der Waals surface area contributed by atoms with Crippen LogP contribution in [0.3, 0.4) is 0 Å². The van der Waals surface area contributed by atoms with E-state index in [0.29, 0.717) is 6.42 Å². The fourth-order valence-electron chi connectivity index (χ4n) is 1.01. The molecule has 0 saturated heterocycles. The first-order valence-corrected chi connectivity index (χ1v) is 4.93. The van der Waals surface area contributed by atoms with E-state index in [4.69, 9.17) is 0 Å². The molecule has 0 aromatic heterocycles. The monoisotopic (exact) mass is 268 g/mol. The first kappa shape index (κ1) is 16.5. The van der Waals surface area contributed by atoms with Crippen molar-refractivity contribution in [1.29, 1.82) is 0 Å². The smallest absolute Gasteiger partial charge is 0.390 e. The minimum absolute atomic E-state index is 0.424. The number of halogens is 6. The van der Waals surface area contributed by atoms with Crippen molar-refractivity contribution >= 4 is 0 Å². The Morgan fingerprint density at radius 1 is 1.06 bits per heavy atom. The van der Waals surface area contributed by atoms with Crippen LogP contribution in [-0.2, 0) is 4.74 Å². The van der Waals surface area contributed by atoms with E-state index >= 15 is 0 Å². The molecule has 0 rings (SSSR count). The van der Waals surface area contributed by atoms with E-state index in [1.807, 2.05) is 0 Å². The van der Waals surface area contributed by atoms with Gasteiger partial charge in [0.1, 0.15) is 0 Å². The minimum Gasteiger partial charge on any atom is -0.390 e. The first-order chi connectivity index (χ1) is 7.50. The molecule has 2 unspecified atom stereocenters. The van der Waals surface area contributed by atoms with Gasteiger partial charge in [-0.05, 0) is 5.92 Å². The average molecular weight is 268 g/mol. The van der Waals surface area contributed by atoms with Crippen LogP contribution in [0.15, 0.2) is 0 Å². The lowest BCUT2D eigenvalue weighted by molar-refractivity contribution is -0.325. The van der Waals surface area contributed by atoms with Crippen LogP contribution in [-0.4, -0.2) is 36.3 Å². The maximum absolute atomic E-state index is 12.0. The van der Waals surface area contributed by atoms with Crippen LogP contribution < -0.4 is 0 Å². The lowest BCUT2D eigenvalue weighted by Crippen LogP contribution is -2.46. The Kier molecular flexibility index (Phi) is 5.73. The molecule has 0 aromatic rings.